The first-order valence-electron chi connectivity index (χ1n) is 6.50. The Hall–Kier alpha value is -2.24. The fourth-order valence-electron chi connectivity index (χ4n) is 1.72. The quantitative estimate of drug-likeness (QED) is 0.834. The fraction of sp³-hybridized carbons (Fsp3) is 0.267. The first-order valence-corrected chi connectivity index (χ1v) is 6.50. The maximum Gasteiger partial charge on any atom is 0.416 e. The van der Waals surface area contributed by atoms with Gasteiger partial charge in [-0.1, -0.05) is 13.0 Å². The summed E-state index contributed by atoms with van der Waals surface area (Å²) < 4.78 is 43.1. The van der Waals surface area contributed by atoms with Crippen molar-refractivity contribution in [1.29, 1.82) is 0 Å². The van der Waals surface area contributed by atoms with Gasteiger partial charge in [0.1, 0.15) is 0 Å². The van der Waals surface area contributed by atoms with E-state index in [1.165, 1.54) is 12.1 Å². The lowest BCUT2D eigenvalue weighted by Crippen LogP contribution is -2.25. The van der Waals surface area contributed by atoms with Crippen molar-refractivity contribution in [2.45, 2.75) is 25.7 Å². The first kappa shape index (κ1) is 15.2. The van der Waals surface area contributed by atoms with Gasteiger partial charge in [0.05, 0.1) is 5.56 Å². The minimum Gasteiger partial charge on any atom is -0.454 e. The van der Waals surface area contributed by atoms with Gasteiger partial charge in [-0.15, -0.1) is 0 Å². The van der Waals surface area contributed by atoms with E-state index in [0.717, 1.165) is 12.1 Å². The largest absolute Gasteiger partial charge is 0.454 e. The van der Waals surface area contributed by atoms with Gasteiger partial charge < -0.3 is 10.1 Å². The van der Waals surface area contributed by atoms with Crippen LogP contribution in [-0.2, 0) is 6.18 Å². The van der Waals surface area contributed by atoms with E-state index in [2.05, 4.69) is 10.3 Å². The Morgan fingerprint density at radius 1 is 1.14 bits per heavy atom. The molecule has 1 atom stereocenters. The number of alkyl halides is 3. The summed E-state index contributed by atoms with van der Waals surface area (Å²) in [7, 11) is 0. The van der Waals surface area contributed by atoms with E-state index in [1.807, 2.05) is 6.92 Å². The fourth-order valence-corrected chi connectivity index (χ4v) is 1.72. The van der Waals surface area contributed by atoms with Crippen molar-refractivity contribution in [3.63, 3.8) is 0 Å². The van der Waals surface area contributed by atoms with Crippen LogP contribution in [0.1, 0.15) is 18.9 Å². The second kappa shape index (κ2) is 6.47. The average Bonchev–Trinajstić information content (AvgIpc) is 2.47. The van der Waals surface area contributed by atoms with Crippen molar-refractivity contribution in [2.75, 3.05) is 5.32 Å². The highest BCUT2D eigenvalue weighted by Crippen LogP contribution is 2.30. The van der Waals surface area contributed by atoms with Gasteiger partial charge in [-0.2, -0.15) is 13.2 Å². The summed E-state index contributed by atoms with van der Waals surface area (Å²) in [5.74, 6) is 0.462. The number of rotatable bonds is 5. The van der Waals surface area contributed by atoms with Crippen molar-refractivity contribution in [3.8, 4) is 5.88 Å². The predicted octanol–water partition coefficient (Wildman–Crippen LogP) is 4.33. The molecule has 0 aliphatic heterocycles. The summed E-state index contributed by atoms with van der Waals surface area (Å²) >= 11 is 0. The lowest BCUT2D eigenvalue weighted by molar-refractivity contribution is -0.137. The molecule has 0 fully saturated rings. The van der Waals surface area contributed by atoms with Crippen molar-refractivity contribution >= 4 is 5.69 Å². The summed E-state index contributed by atoms with van der Waals surface area (Å²) in [6, 6.07) is 10.1. The molecule has 1 N–H and O–H groups in total. The summed E-state index contributed by atoms with van der Waals surface area (Å²) in [4.78, 5) is 4.04. The van der Waals surface area contributed by atoms with Crippen molar-refractivity contribution in [1.82, 2.24) is 4.98 Å². The van der Waals surface area contributed by atoms with Crippen LogP contribution in [0.15, 0.2) is 48.7 Å². The molecule has 0 aliphatic carbocycles. The monoisotopic (exact) mass is 296 g/mol. The van der Waals surface area contributed by atoms with Gasteiger partial charge >= 0.3 is 6.18 Å². The Morgan fingerprint density at radius 2 is 1.86 bits per heavy atom. The average molecular weight is 296 g/mol. The van der Waals surface area contributed by atoms with E-state index in [-0.39, 0.29) is 6.23 Å². The Balaban J connectivity index is 2.02. The zero-order chi connectivity index (χ0) is 15.3. The Bertz CT molecular complexity index is 555. The van der Waals surface area contributed by atoms with Crippen LogP contribution >= 0.6 is 0 Å². The molecule has 0 aliphatic rings. The highest BCUT2D eigenvalue weighted by molar-refractivity contribution is 5.45. The molecule has 112 valence electrons. The van der Waals surface area contributed by atoms with E-state index in [1.54, 1.807) is 24.4 Å². The molecular weight excluding hydrogens is 281 g/mol. The molecule has 1 heterocycles. The highest BCUT2D eigenvalue weighted by Gasteiger charge is 2.29. The number of pyridine rings is 1. The predicted molar refractivity (Wildman–Crippen MR) is 74.0 cm³/mol. The lowest BCUT2D eigenvalue weighted by Gasteiger charge is -2.19. The molecule has 6 heteroatoms. The molecule has 3 nitrogen and oxygen atoms in total. The van der Waals surface area contributed by atoms with Gasteiger partial charge in [0.25, 0.3) is 0 Å². The molecule has 2 rings (SSSR count). The third kappa shape index (κ3) is 4.37. The molecule has 0 bridgehead atoms. The molecule has 21 heavy (non-hydrogen) atoms. The van der Waals surface area contributed by atoms with Crippen LogP contribution in [0.3, 0.4) is 0 Å². The van der Waals surface area contributed by atoms with Crippen LogP contribution in [-0.4, -0.2) is 11.2 Å². The van der Waals surface area contributed by atoms with Crippen LogP contribution in [0.2, 0.25) is 0 Å². The number of hydrogen-bond donors (Lipinski definition) is 1. The van der Waals surface area contributed by atoms with Gasteiger partial charge in [0.2, 0.25) is 5.88 Å². The summed E-state index contributed by atoms with van der Waals surface area (Å²) in [5.41, 5.74) is -0.113. The minimum atomic E-state index is -4.33. The second-order valence-corrected chi connectivity index (χ2v) is 4.40. The topological polar surface area (TPSA) is 34.1 Å². The normalized spacial score (nSPS) is 12.8. The molecule has 1 aromatic heterocycles. The van der Waals surface area contributed by atoms with Crippen molar-refractivity contribution < 1.29 is 17.9 Å². The van der Waals surface area contributed by atoms with E-state index in [9.17, 15) is 13.2 Å². The molecule has 0 amide bonds. The summed E-state index contributed by atoms with van der Waals surface area (Å²) in [6.07, 6.45) is -2.44. The van der Waals surface area contributed by atoms with Crippen LogP contribution in [0.4, 0.5) is 18.9 Å². The highest BCUT2D eigenvalue weighted by atomic mass is 19.4. The maximum atomic E-state index is 12.5. The van der Waals surface area contributed by atoms with Crippen LogP contribution in [0, 0.1) is 0 Å². The SMILES string of the molecule is CCC(Nc1ccc(C(F)(F)F)cc1)Oc1ccccn1. The van der Waals surface area contributed by atoms with Crippen molar-refractivity contribution in [3.05, 3.63) is 54.2 Å². The molecule has 0 radical (unpaired) electrons. The molecule has 0 saturated carbocycles. The molecule has 0 spiro atoms. The van der Waals surface area contributed by atoms with Gasteiger partial charge in [-0.3, -0.25) is 0 Å². The lowest BCUT2D eigenvalue weighted by atomic mass is 10.2. The van der Waals surface area contributed by atoms with E-state index in [0.29, 0.717) is 18.0 Å². The standard InChI is InChI=1S/C15H15F3N2O/c1-2-13(21-14-5-3-4-10-19-14)20-12-8-6-11(7-9-12)15(16,17)18/h3-10,13,20H,2H2,1H3. The van der Waals surface area contributed by atoms with Crippen LogP contribution in [0.5, 0.6) is 5.88 Å². The molecule has 2 aromatic rings. The Labute approximate surface area is 120 Å². The number of aromatic nitrogens is 1. The number of nitrogens with zero attached hydrogens (tertiary/aromatic N) is 1. The molecule has 1 unspecified atom stereocenters. The molecular formula is C15H15F3N2O. The van der Waals surface area contributed by atoms with E-state index >= 15 is 0 Å². The van der Waals surface area contributed by atoms with Crippen LogP contribution < -0.4 is 10.1 Å². The van der Waals surface area contributed by atoms with Crippen molar-refractivity contribution in [2.24, 2.45) is 0 Å². The van der Waals surface area contributed by atoms with Gasteiger partial charge in [0.15, 0.2) is 6.23 Å². The number of nitrogens with one attached hydrogen (secondary N) is 1. The van der Waals surface area contributed by atoms with E-state index < -0.39 is 11.7 Å². The smallest absolute Gasteiger partial charge is 0.416 e. The zero-order valence-corrected chi connectivity index (χ0v) is 11.4. The summed E-state index contributed by atoms with van der Waals surface area (Å²) in [5, 5.41) is 3.03. The maximum absolute atomic E-state index is 12.5. The molecule has 0 saturated heterocycles. The third-order valence-electron chi connectivity index (χ3n) is 2.81. The first-order chi connectivity index (χ1) is 9.99. The van der Waals surface area contributed by atoms with Gasteiger partial charge in [0, 0.05) is 24.4 Å². The second-order valence-electron chi connectivity index (χ2n) is 4.40. The Morgan fingerprint density at radius 3 is 2.38 bits per heavy atom. The number of hydrogen-bond acceptors (Lipinski definition) is 3. The van der Waals surface area contributed by atoms with Gasteiger partial charge in [-0.05, 0) is 30.3 Å². The van der Waals surface area contributed by atoms with Gasteiger partial charge in [-0.25, -0.2) is 4.98 Å². The molecule has 1 aromatic carbocycles. The van der Waals surface area contributed by atoms with Crippen LogP contribution in [0.25, 0.3) is 0 Å². The third-order valence-corrected chi connectivity index (χ3v) is 2.81. The number of anilines is 1. The minimum absolute atomic E-state index is 0.364. The zero-order valence-electron chi connectivity index (χ0n) is 11.4. The summed E-state index contributed by atoms with van der Waals surface area (Å²) in [6.45, 7) is 1.91. The number of halogens is 3. The Kier molecular flexibility index (Phi) is 4.67. The van der Waals surface area contributed by atoms with E-state index in [4.69, 9.17) is 4.74 Å². The number of ether oxygens (including phenoxy) is 1. The number of benzene rings is 1.